The van der Waals surface area contributed by atoms with Crippen LogP contribution in [0.25, 0.3) is 10.8 Å². The van der Waals surface area contributed by atoms with Gasteiger partial charge < -0.3 is 15.8 Å². The molecule has 2 aromatic carbocycles. The lowest BCUT2D eigenvalue weighted by Gasteiger charge is -2.12. The van der Waals surface area contributed by atoms with Crippen molar-refractivity contribution < 1.29 is 9.53 Å². The third-order valence-electron chi connectivity index (χ3n) is 5.02. The monoisotopic (exact) mass is 459 g/mol. The van der Waals surface area contributed by atoms with Gasteiger partial charge in [0.25, 0.3) is 5.56 Å². The molecule has 0 unspecified atom stereocenters. The van der Waals surface area contributed by atoms with Crippen LogP contribution in [0, 0.1) is 12.8 Å². The van der Waals surface area contributed by atoms with E-state index in [0.29, 0.717) is 17.3 Å². The lowest BCUT2D eigenvalue weighted by molar-refractivity contribution is 0.0454. The molecule has 0 fully saturated rings. The van der Waals surface area contributed by atoms with E-state index in [-0.39, 0.29) is 41.5 Å². The van der Waals surface area contributed by atoms with Gasteiger partial charge in [0.1, 0.15) is 0 Å². The summed E-state index contributed by atoms with van der Waals surface area (Å²) >= 11 is 0. The Balaban J connectivity index is 1.58. The minimum absolute atomic E-state index is 0.00816. The number of nitrogens with zero attached hydrogens (tertiary/aromatic N) is 5. The van der Waals surface area contributed by atoms with E-state index in [2.05, 4.69) is 25.4 Å². The van der Waals surface area contributed by atoms with Gasteiger partial charge in [0, 0.05) is 17.6 Å². The van der Waals surface area contributed by atoms with E-state index in [4.69, 9.17) is 10.5 Å². The van der Waals surface area contributed by atoms with Crippen LogP contribution in [-0.2, 0) is 17.9 Å². The van der Waals surface area contributed by atoms with Crippen LogP contribution >= 0.6 is 0 Å². The van der Waals surface area contributed by atoms with Crippen LogP contribution in [0.3, 0.4) is 0 Å². The third-order valence-corrected chi connectivity index (χ3v) is 5.02. The van der Waals surface area contributed by atoms with Crippen molar-refractivity contribution >= 4 is 34.3 Å². The predicted molar refractivity (Wildman–Crippen MR) is 129 cm³/mol. The number of hydrogen-bond donors (Lipinski definition) is 2. The smallest absolute Gasteiger partial charge is 0.359 e. The Morgan fingerprint density at radius 2 is 1.76 bits per heavy atom. The number of para-hydroxylation sites is 1. The van der Waals surface area contributed by atoms with Crippen LogP contribution in [0.5, 0.6) is 0 Å². The lowest BCUT2D eigenvalue weighted by Crippen LogP contribution is -2.28. The van der Waals surface area contributed by atoms with Crippen LogP contribution in [0.4, 0.5) is 17.6 Å². The number of esters is 1. The largest absolute Gasteiger partial charge is 0.453 e. The number of aromatic nitrogens is 5. The van der Waals surface area contributed by atoms with Crippen molar-refractivity contribution in [3.8, 4) is 0 Å². The molecule has 0 saturated heterocycles. The minimum atomic E-state index is -0.693. The van der Waals surface area contributed by atoms with E-state index in [0.717, 1.165) is 11.3 Å². The van der Waals surface area contributed by atoms with Crippen molar-refractivity contribution in [2.75, 3.05) is 11.1 Å². The molecule has 0 radical (unpaired) electrons. The third kappa shape index (κ3) is 5.01. The number of fused-ring (bicyclic) bond motifs is 1. The van der Waals surface area contributed by atoms with Crippen LogP contribution in [0.2, 0.25) is 0 Å². The molecular weight excluding hydrogens is 434 g/mol. The van der Waals surface area contributed by atoms with Gasteiger partial charge in [-0.2, -0.15) is 20.1 Å². The van der Waals surface area contributed by atoms with Crippen LogP contribution in [-0.4, -0.2) is 30.7 Å². The number of aryl methyl sites for hydroxylation is 1. The summed E-state index contributed by atoms with van der Waals surface area (Å²) in [5, 5.41) is 8.22. The highest BCUT2D eigenvalue weighted by Gasteiger charge is 2.19. The Bertz CT molecular complexity index is 1420. The Kier molecular flexibility index (Phi) is 6.48. The van der Waals surface area contributed by atoms with Crippen LogP contribution < -0.4 is 16.6 Å². The van der Waals surface area contributed by atoms with Gasteiger partial charge in [-0.25, -0.2) is 9.48 Å². The number of carbonyl (C=O) groups excluding carboxylic acids is 1. The maximum Gasteiger partial charge on any atom is 0.359 e. The number of ether oxygens (including phenoxy) is 1. The molecule has 0 aliphatic carbocycles. The molecule has 3 N–H and O–H groups in total. The summed E-state index contributed by atoms with van der Waals surface area (Å²) in [4.78, 5) is 38.2. The number of benzene rings is 2. The van der Waals surface area contributed by atoms with Crippen molar-refractivity contribution in [3.05, 3.63) is 76.0 Å². The van der Waals surface area contributed by atoms with E-state index in [1.807, 2.05) is 45.0 Å². The van der Waals surface area contributed by atoms with E-state index in [9.17, 15) is 9.59 Å². The predicted octanol–water partition coefficient (Wildman–Crippen LogP) is 3.23. The second-order valence-corrected chi connectivity index (χ2v) is 8.22. The Morgan fingerprint density at radius 3 is 2.50 bits per heavy atom. The molecule has 4 aromatic rings. The molecule has 10 nitrogen and oxygen atoms in total. The molecule has 0 saturated carbocycles. The molecule has 0 amide bonds. The SMILES string of the molecule is Cc1ccccc1Nc1nc(N)nc(COC(=O)c2nn(CC(C)C)c(=O)c3ccccc23)n1. The van der Waals surface area contributed by atoms with Crippen LogP contribution in [0.1, 0.15) is 35.7 Å². The van der Waals surface area contributed by atoms with Crippen molar-refractivity contribution in [2.24, 2.45) is 5.92 Å². The second kappa shape index (κ2) is 9.65. The van der Waals surface area contributed by atoms with Gasteiger partial charge in [0.2, 0.25) is 11.9 Å². The minimum Gasteiger partial charge on any atom is -0.453 e. The van der Waals surface area contributed by atoms with Gasteiger partial charge in [-0.1, -0.05) is 50.2 Å². The number of hydrogen-bond acceptors (Lipinski definition) is 9. The number of anilines is 3. The maximum atomic E-state index is 13.0. The molecule has 0 bridgehead atoms. The molecule has 0 atom stereocenters. The van der Waals surface area contributed by atoms with Gasteiger partial charge in [0.05, 0.1) is 5.39 Å². The maximum absolute atomic E-state index is 13.0. The molecule has 34 heavy (non-hydrogen) atoms. The highest BCUT2D eigenvalue weighted by atomic mass is 16.5. The molecule has 0 aliphatic rings. The summed E-state index contributed by atoms with van der Waals surface area (Å²) in [5.41, 5.74) is 7.46. The normalized spacial score (nSPS) is 11.1. The van der Waals surface area contributed by atoms with Crippen molar-refractivity contribution in [2.45, 2.75) is 33.9 Å². The zero-order chi connectivity index (χ0) is 24.2. The summed E-state index contributed by atoms with van der Waals surface area (Å²) in [6.45, 7) is 6.02. The highest BCUT2D eigenvalue weighted by Crippen LogP contribution is 2.19. The Labute approximate surface area is 195 Å². The van der Waals surface area contributed by atoms with Crippen molar-refractivity contribution in [3.63, 3.8) is 0 Å². The van der Waals surface area contributed by atoms with Gasteiger partial charge >= 0.3 is 5.97 Å². The fourth-order valence-corrected chi connectivity index (χ4v) is 3.45. The average Bonchev–Trinajstić information content (AvgIpc) is 2.80. The first-order chi connectivity index (χ1) is 16.3. The number of rotatable bonds is 7. The first-order valence-electron chi connectivity index (χ1n) is 10.8. The topological polar surface area (TPSA) is 138 Å². The molecule has 0 aliphatic heterocycles. The standard InChI is InChI=1S/C24H25N7O3/c1-14(2)12-31-21(32)17-10-6-5-9-16(17)20(30-31)22(33)34-13-19-27-23(25)29-24(28-19)26-18-11-7-4-8-15(18)3/h4-11,14H,12-13H2,1-3H3,(H3,25,26,27,28,29). The quantitative estimate of drug-likeness (QED) is 0.399. The van der Waals surface area contributed by atoms with Gasteiger partial charge in [-0.15, -0.1) is 0 Å². The summed E-state index contributed by atoms with van der Waals surface area (Å²) in [6.07, 6.45) is 0. The molecular formula is C24H25N7O3. The lowest BCUT2D eigenvalue weighted by atomic mass is 10.1. The zero-order valence-electron chi connectivity index (χ0n) is 19.1. The highest BCUT2D eigenvalue weighted by molar-refractivity contribution is 6.02. The Morgan fingerprint density at radius 1 is 1.06 bits per heavy atom. The summed E-state index contributed by atoms with van der Waals surface area (Å²) in [5.74, 6) is -0.117. The van der Waals surface area contributed by atoms with E-state index in [1.165, 1.54) is 4.68 Å². The van der Waals surface area contributed by atoms with E-state index < -0.39 is 5.97 Å². The van der Waals surface area contributed by atoms with Gasteiger partial charge in [-0.05, 0) is 30.5 Å². The summed E-state index contributed by atoms with van der Waals surface area (Å²) < 4.78 is 6.75. The second-order valence-electron chi connectivity index (χ2n) is 8.22. The summed E-state index contributed by atoms with van der Waals surface area (Å²) in [6, 6.07) is 14.5. The van der Waals surface area contributed by atoms with Crippen molar-refractivity contribution in [1.29, 1.82) is 0 Å². The first-order valence-corrected chi connectivity index (χ1v) is 10.8. The molecule has 0 spiro atoms. The number of nitrogen functional groups attached to an aromatic ring is 1. The van der Waals surface area contributed by atoms with E-state index in [1.54, 1.807) is 24.3 Å². The van der Waals surface area contributed by atoms with Crippen LogP contribution in [0.15, 0.2) is 53.3 Å². The first kappa shape index (κ1) is 22.8. The zero-order valence-corrected chi connectivity index (χ0v) is 19.1. The number of nitrogens with one attached hydrogen (secondary N) is 1. The molecule has 2 heterocycles. The van der Waals surface area contributed by atoms with Crippen molar-refractivity contribution in [1.82, 2.24) is 24.7 Å². The molecule has 10 heteroatoms. The molecule has 2 aromatic heterocycles. The Hall–Kier alpha value is -4.34. The fraction of sp³-hybridized carbons (Fsp3) is 0.250. The van der Waals surface area contributed by atoms with Gasteiger partial charge in [0.15, 0.2) is 18.1 Å². The van der Waals surface area contributed by atoms with Gasteiger partial charge in [-0.3, -0.25) is 4.79 Å². The summed E-state index contributed by atoms with van der Waals surface area (Å²) in [7, 11) is 0. The number of carbonyl (C=O) groups is 1. The molecule has 174 valence electrons. The number of nitrogens with two attached hydrogens (primary N) is 1. The average molecular weight is 460 g/mol. The van der Waals surface area contributed by atoms with E-state index >= 15 is 0 Å². The fourth-order valence-electron chi connectivity index (χ4n) is 3.45. The molecule has 4 rings (SSSR count).